The minimum atomic E-state index is -0.693. The van der Waals surface area contributed by atoms with Crippen LogP contribution in [-0.2, 0) is 9.59 Å². The summed E-state index contributed by atoms with van der Waals surface area (Å²) >= 11 is 5.85. The van der Waals surface area contributed by atoms with Crippen LogP contribution in [0.15, 0.2) is 12.1 Å². The Morgan fingerprint density at radius 2 is 1.76 bits per heavy atom. The number of anilines is 1. The minimum Gasteiger partial charge on any atom is -0.495 e. The topological polar surface area (TPSA) is 46.6 Å². The molecule has 3 rings (SSSR count). The Morgan fingerprint density at radius 1 is 1.19 bits per heavy atom. The van der Waals surface area contributed by atoms with E-state index < -0.39 is 5.82 Å². The molecule has 0 N–H and O–H groups in total. The SMILES string of the molecule is COc1cc(N2C(=O)C3CCCCC3C2=O)c(F)cc1Cl. The van der Waals surface area contributed by atoms with Gasteiger partial charge in [-0.15, -0.1) is 0 Å². The van der Waals surface area contributed by atoms with Gasteiger partial charge in [-0.3, -0.25) is 9.59 Å². The van der Waals surface area contributed by atoms with Crippen LogP contribution in [0.1, 0.15) is 25.7 Å². The van der Waals surface area contributed by atoms with Gasteiger partial charge in [-0.05, 0) is 18.9 Å². The fourth-order valence-electron chi connectivity index (χ4n) is 3.25. The van der Waals surface area contributed by atoms with Gasteiger partial charge in [-0.1, -0.05) is 24.4 Å². The van der Waals surface area contributed by atoms with E-state index in [0.29, 0.717) is 12.8 Å². The van der Waals surface area contributed by atoms with E-state index in [9.17, 15) is 14.0 Å². The van der Waals surface area contributed by atoms with Gasteiger partial charge in [-0.2, -0.15) is 0 Å². The molecule has 6 heteroatoms. The Balaban J connectivity index is 2.04. The second-order valence-electron chi connectivity index (χ2n) is 5.45. The maximum Gasteiger partial charge on any atom is 0.237 e. The Bertz CT molecular complexity index is 595. The highest BCUT2D eigenvalue weighted by Gasteiger charge is 2.49. The Labute approximate surface area is 126 Å². The molecule has 4 nitrogen and oxygen atoms in total. The molecule has 2 amide bonds. The molecule has 1 aromatic rings. The average molecular weight is 312 g/mol. The number of halogens is 2. The number of amides is 2. The molecular formula is C15H15ClFNO3. The third kappa shape index (κ3) is 2.20. The summed E-state index contributed by atoms with van der Waals surface area (Å²) in [4.78, 5) is 25.9. The fraction of sp³-hybridized carbons (Fsp3) is 0.467. The number of carbonyl (C=O) groups excluding carboxylic acids is 2. The Hall–Kier alpha value is -1.62. The number of hydrogen-bond donors (Lipinski definition) is 0. The maximum absolute atomic E-state index is 14.2. The predicted molar refractivity (Wildman–Crippen MR) is 75.9 cm³/mol. The zero-order valence-electron chi connectivity index (χ0n) is 11.6. The van der Waals surface area contributed by atoms with Gasteiger partial charge < -0.3 is 4.74 Å². The second kappa shape index (κ2) is 5.30. The van der Waals surface area contributed by atoms with Gasteiger partial charge >= 0.3 is 0 Å². The number of rotatable bonds is 2. The van der Waals surface area contributed by atoms with E-state index in [-0.39, 0.29) is 40.1 Å². The lowest BCUT2D eigenvalue weighted by Crippen LogP contribution is -2.31. The van der Waals surface area contributed by atoms with Crippen molar-refractivity contribution in [2.45, 2.75) is 25.7 Å². The van der Waals surface area contributed by atoms with E-state index >= 15 is 0 Å². The maximum atomic E-state index is 14.2. The van der Waals surface area contributed by atoms with Crippen molar-refractivity contribution in [3.63, 3.8) is 0 Å². The first-order valence-corrected chi connectivity index (χ1v) is 7.33. The summed E-state index contributed by atoms with van der Waals surface area (Å²) in [6.45, 7) is 0. The first-order chi connectivity index (χ1) is 10.0. The monoisotopic (exact) mass is 311 g/mol. The molecule has 2 fully saturated rings. The van der Waals surface area contributed by atoms with Crippen molar-refractivity contribution < 1.29 is 18.7 Å². The van der Waals surface area contributed by atoms with Crippen molar-refractivity contribution in [2.24, 2.45) is 11.8 Å². The zero-order chi connectivity index (χ0) is 15.1. The summed E-state index contributed by atoms with van der Waals surface area (Å²) < 4.78 is 19.2. The number of methoxy groups -OCH3 is 1. The van der Waals surface area contributed by atoms with E-state index in [1.54, 1.807) is 0 Å². The van der Waals surface area contributed by atoms with Crippen LogP contribution >= 0.6 is 11.6 Å². The van der Waals surface area contributed by atoms with Gasteiger partial charge in [0.05, 0.1) is 29.7 Å². The van der Waals surface area contributed by atoms with E-state index in [1.807, 2.05) is 0 Å². The number of ether oxygens (including phenoxy) is 1. The lowest BCUT2D eigenvalue weighted by atomic mass is 9.81. The summed E-state index contributed by atoms with van der Waals surface area (Å²) in [5.41, 5.74) is -0.0688. The minimum absolute atomic E-state index is 0.0688. The molecule has 1 aliphatic heterocycles. The highest BCUT2D eigenvalue weighted by Crippen LogP contribution is 2.42. The van der Waals surface area contributed by atoms with Gasteiger partial charge in [0.25, 0.3) is 0 Å². The predicted octanol–water partition coefficient (Wildman–Crippen LogP) is 3.17. The quantitative estimate of drug-likeness (QED) is 0.788. The lowest BCUT2D eigenvalue weighted by molar-refractivity contribution is -0.122. The number of nitrogens with zero attached hydrogens (tertiary/aromatic N) is 1. The molecule has 2 atom stereocenters. The van der Waals surface area contributed by atoms with Gasteiger partial charge in [0.2, 0.25) is 11.8 Å². The van der Waals surface area contributed by atoms with Crippen LogP contribution in [0.3, 0.4) is 0 Å². The first kappa shape index (κ1) is 14.3. The highest BCUT2D eigenvalue weighted by atomic mass is 35.5. The number of imide groups is 1. The standard InChI is InChI=1S/C15H15ClFNO3/c1-21-13-7-12(11(17)6-10(13)16)18-14(19)8-4-2-3-5-9(8)15(18)20/h6-9H,2-5H2,1H3. The second-order valence-corrected chi connectivity index (χ2v) is 5.85. The molecule has 1 saturated heterocycles. The van der Waals surface area contributed by atoms with E-state index in [4.69, 9.17) is 16.3 Å². The van der Waals surface area contributed by atoms with Crippen molar-refractivity contribution in [2.75, 3.05) is 12.0 Å². The summed E-state index contributed by atoms with van der Waals surface area (Å²) in [5.74, 6) is -1.70. The third-order valence-electron chi connectivity index (χ3n) is 4.30. The zero-order valence-corrected chi connectivity index (χ0v) is 12.3. The van der Waals surface area contributed by atoms with Crippen molar-refractivity contribution in [3.05, 3.63) is 23.0 Å². The van der Waals surface area contributed by atoms with E-state index in [1.165, 1.54) is 13.2 Å². The van der Waals surface area contributed by atoms with Crippen LogP contribution in [0.5, 0.6) is 5.75 Å². The van der Waals surface area contributed by atoms with Crippen LogP contribution in [0.2, 0.25) is 5.02 Å². The highest BCUT2D eigenvalue weighted by molar-refractivity contribution is 6.32. The summed E-state index contributed by atoms with van der Waals surface area (Å²) in [7, 11) is 1.40. The molecule has 0 bridgehead atoms. The molecule has 2 aliphatic rings. The van der Waals surface area contributed by atoms with Gasteiger partial charge in [0.15, 0.2) is 0 Å². The van der Waals surface area contributed by atoms with Crippen molar-refractivity contribution in [1.29, 1.82) is 0 Å². The van der Waals surface area contributed by atoms with Crippen LogP contribution in [0.25, 0.3) is 0 Å². The summed E-state index contributed by atoms with van der Waals surface area (Å²) in [6.07, 6.45) is 3.25. The molecule has 112 valence electrons. The summed E-state index contributed by atoms with van der Waals surface area (Å²) in [5, 5.41) is 0.107. The molecule has 21 heavy (non-hydrogen) atoms. The van der Waals surface area contributed by atoms with E-state index in [0.717, 1.165) is 23.8 Å². The lowest BCUT2D eigenvalue weighted by Gasteiger charge is -2.19. The van der Waals surface area contributed by atoms with Gasteiger partial charge in [0, 0.05) is 6.07 Å². The van der Waals surface area contributed by atoms with E-state index in [2.05, 4.69) is 0 Å². The number of hydrogen-bond acceptors (Lipinski definition) is 3. The molecule has 2 unspecified atom stereocenters. The van der Waals surface area contributed by atoms with Crippen LogP contribution in [-0.4, -0.2) is 18.9 Å². The smallest absolute Gasteiger partial charge is 0.237 e. The average Bonchev–Trinajstić information content (AvgIpc) is 2.72. The number of carbonyl (C=O) groups is 2. The molecular weight excluding hydrogens is 297 g/mol. The first-order valence-electron chi connectivity index (χ1n) is 6.95. The molecule has 1 saturated carbocycles. The Kier molecular flexibility index (Phi) is 3.61. The third-order valence-corrected chi connectivity index (χ3v) is 4.60. The van der Waals surface area contributed by atoms with Gasteiger partial charge in [-0.25, -0.2) is 9.29 Å². The van der Waals surface area contributed by atoms with Gasteiger partial charge in [0.1, 0.15) is 11.6 Å². The van der Waals surface area contributed by atoms with Crippen LogP contribution < -0.4 is 9.64 Å². The normalized spacial score (nSPS) is 25.2. The van der Waals surface area contributed by atoms with Crippen molar-refractivity contribution in [3.8, 4) is 5.75 Å². The van der Waals surface area contributed by atoms with Crippen molar-refractivity contribution >= 4 is 29.1 Å². The van der Waals surface area contributed by atoms with Crippen LogP contribution in [0, 0.1) is 17.7 Å². The Morgan fingerprint density at radius 3 is 2.29 bits per heavy atom. The molecule has 1 aromatic carbocycles. The molecule has 0 aromatic heterocycles. The largest absolute Gasteiger partial charge is 0.495 e. The molecule has 0 radical (unpaired) electrons. The molecule has 1 heterocycles. The molecule has 1 aliphatic carbocycles. The number of benzene rings is 1. The number of fused-ring (bicyclic) bond motifs is 1. The summed E-state index contributed by atoms with van der Waals surface area (Å²) in [6, 6.07) is 2.38. The van der Waals surface area contributed by atoms with Crippen molar-refractivity contribution in [1.82, 2.24) is 0 Å². The van der Waals surface area contributed by atoms with Crippen LogP contribution in [0.4, 0.5) is 10.1 Å². The molecule has 0 spiro atoms. The fourth-order valence-corrected chi connectivity index (χ4v) is 3.47.